The van der Waals surface area contributed by atoms with Gasteiger partial charge in [-0.1, -0.05) is 78.1 Å². The van der Waals surface area contributed by atoms with Gasteiger partial charge in [-0.2, -0.15) is 0 Å². The van der Waals surface area contributed by atoms with E-state index in [4.69, 9.17) is 9.47 Å². The van der Waals surface area contributed by atoms with Crippen molar-refractivity contribution in [2.75, 3.05) is 23.8 Å². The monoisotopic (exact) mass is 580 g/mol. The van der Waals surface area contributed by atoms with Gasteiger partial charge in [-0.05, 0) is 25.0 Å². The fourth-order valence-corrected chi connectivity index (χ4v) is 4.61. The van der Waals surface area contributed by atoms with Crippen LogP contribution in [0.2, 0.25) is 0 Å². The highest BCUT2D eigenvalue weighted by atomic mass is 16.5. The zero-order chi connectivity index (χ0) is 29.8. The number of imidazole rings is 2. The molecule has 10 heteroatoms. The Kier molecular flexibility index (Phi) is 15.4. The summed E-state index contributed by atoms with van der Waals surface area (Å²) < 4.78 is 14.8. The van der Waals surface area contributed by atoms with Gasteiger partial charge in [0, 0.05) is 60.5 Å². The van der Waals surface area contributed by atoms with Crippen LogP contribution in [-0.4, -0.2) is 44.4 Å². The number of hydrogen-bond donors (Lipinski definition) is 2. The maximum Gasteiger partial charge on any atom is 0.331 e. The average molecular weight is 581 g/mol. The maximum absolute atomic E-state index is 12.9. The smallest absolute Gasteiger partial charge is 0.331 e. The fraction of sp³-hybridized carbons (Fsp3) is 0.562. The first kappa shape index (κ1) is 33.0. The highest BCUT2D eigenvalue weighted by Crippen LogP contribution is 2.28. The molecule has 0 spiro atoms. The van der Waals surface area contributed by atoms with Gasteiger partial charge in [-0.25, -0.2) is 19.6 Å². The lowest BCUT2D eigenvalue weighted by Crippen LogP contribution is -2.21. The lowest BCUT2D eigenvalue weighted by molar-refractivity contribution is 0.115. The van der Waals surface area contributed by atoms with Crippen LogP contribution in [0.5, 0.6) is 0 Å². The van der Waals surface area contributed by atoms with E-state index in [0.717, 1.165) is 36.8 Å². The second-order valence-corrected chi connectivity index (χ2v) is 10.6. The molecule has 0 fully saturated rings. The molecule has 0 saturated carbocycles. The molecule has 0 aliphatic heterocycles. The summed E-state index contributed by atoms with van der Waals surface area (Å²) in [5.74, 6) is 0. The number of nitrogens with one attached hydrogen (secondary N) is 2. The molecule has 0 atom stereocenters. The number of hydrogen-bond acceptors (Lipinski definition) is 6. The van der Waals surface area contributed by atoms with Crippen molar-refractivity contribution in [1.29, 1.82) is 0 Å². The molecule has 230 valence electrons. The molecule has 42 heavy (non-hydrogen) atoms. The molecule has 2 amide bonds. The number of carbonyl (C=O) groups is 2. The van der Waals surface area contributed by atoms with Crippen LogP contribution >= 0.6 is 0 Å². The normalized spacial score (nSPS) is 11.1. The van der Waals surface area contributed by atoms with Crippen LogP contribution in [0.4, 0.5) is 21.0 Å². The van der Waals surface area contributed by atoms with E-state index in [1.165, 1.54) is 73.2 Å². The number of nitrogens with zero attached hydrogens (tertiary/aromatic N) is 4. The predicted molar refractivity (Wildman–Crippen MR) is 166 cm³/mol. The lowest BCUT2D eigenvalue weighted by Gasteiger charge is -2.18. The van der Waals surface area contributed by atoms with Gasteiger partial charge >= 0.3 is 12.1 Å². The maximum atomic E-state index is 12.9. The largest absolute Gasteiger partial charge is 0.377 e. The predicted octanol–water partition coefficient (Wildman–Crippen LogP) is 7.99. The molecule has 1 aromatic carbocycles. The van der Waals surface area contributed by atoms with Crippen molar-refractivity contribution in [3.8, 4) is 0 Å². The van der Waals surface area contributed by atoms with Crippen LogP contribution < -0.4 is 10.6 Å². The summed E-state index contributed by atoms with van der Waals surface area (Å²) in [5, 5.41) is 5.97. The van der Waals surface area contributed by atoms with Crippen LogP contribution in [0, 0.1) is 0 Å². The molecular formula is C32H48N6O4. The Bertz CT molecular complexity index is 1070. The molecule has 0 radical (unpaired) electrons. The second-order valence-electron chi connectivity index (χ2n) is 10.6. The number of aromatic nitrogens is 4. The Hall–Kier alpha value is -3.50. The molecule has 0 unspecified atom stereocenters. The molecular weight excluding hydrogens is 532 g/mol. The van der Waals surface area contributed by atoms with Gasteiger partial charge in [0.25, 0.3) is 0 Å². The van der Waals surface area contributed by atoms with Crippen LogP contribution in [-0.2, 0) is 22.7 Å². The number of amides is 2. The highest BCUT2D eigenvalue weighted by molar-refractivity contribution is 5.95. The highest BCUT2D eigenvalue weighted by Gasteiger charge is 2.16. The van der Waals surface area contributed by atoms with Gasteiger partial charge in [0.05, 0.1) is 13.2 Å². The van der Waals surface area contributed by atoms with Crippen LogP contribution in [0.1, 0.15) is 102 Å². The van der Waals surface area contributed by atoms with Crippen molar-refractivity contribution < 1.29 is 19.1 Å². The van der Waals surface area contributed by atoms with Gasteiger partial charge in [0.2, 0.25) is 0 Å². The van der Waals surface area contributed by atoms with E-state index in [-0.39, 0.29) is 12.1 Å². The van der Waals surface area contributed by atoms with Crippen molar-refractivity contribution in [1.82, 2.24) is 19.1 Å². The number of benzene rings is 1. The number of rotatable bonds is 20. The number of carbonyl (C=O) groups excluding carboxylic acids is 2. The Balaban J connectivity index is 1.73. The molecule has 3 rings (SSSR count). The summed E-state index contributed by atoms with van der Waals surface area (Å²) in [6.07, 6.45) is 23.3. The number of anilines is 2. The molecule has 2 N–H and O–H groups in total. The Labute approximate surface area is 250 Å². The number of ether oxygens (including phenoxy) is 2. The van der Waals surface area contributed by atoms with Gasteiger partial charge in [-0.15, -0.1) is 0 Å². The molecule has 10 nitrogen and oxygen atoms in total. The van der Waals surface area contributed by atoms with Crippen molar-refractivity contribution in [3.05, 3.63) is 60.7 Å². The van der Waals surface area contributed by atoms with E-state index in [1.54, 1.807) is 24.8 Å². The Morgan fingerprint density at radius 1 is 0.643 bits per heavy atom. The topological polar surface area (TPSA) is 112 Å². The van der Waals surface area contributed by atoms with E-state index in [2.05, 4.69) is 34.4 Å². The quantitative estimate of drug-likeness (QED) is 0.131. The summed E-state index contributed by atoms with van der Waals surface area (Å²) in [7, 11) is 0. The third-order valence-electron chi connectivity index (χ3n) is 7.09. The first-order valence-electron chi connectivity index (χ1n) is 15.5. The van der Waals surface area contributed by atoms with Crippen molar-refractivity contribution in [2.45, 2.75) is 104 Å². The molecule has 3 aromatic rings. The van der Waals surface area contributed by atoms with Gasteiger partial charge in [0.1, 0.15) is 12.7 Å². The minimum atomic E-state index is -0.334. The minimum absolute atomic E-state index is 0.293. The van der Waals surface area contributed by atoms with Gasteiger partial charge in [-0.3, -0.25) is 9.13 Å². The average Bonchev–Trinajstić information content (AvgIpc) is 3.73. The number of unbranched alkanes of at least 4 members (excludes halogenated alkanes) is 10. The molecule has 0 saturated heterocycles. The summed E-state index contributed by atoms with van der Waals surface area (Å²) in [6.45, 7) is 6.27. The van der Waals surface area contributed by atoms with Crippen LogP contribution in [0.15, 0.2) is 49.6 Å². The van der Waals surface area contributed by atoms with Crippen molar-refractivity contribution in [3.63, 3.8) is 0 Å². The molecule has 0 bridgehead atoms. The summed E-state index contributed by atoms with van der Waals surface area (Å²) in [4.78, 5) is 33.8. The molecule has 2 heterocycles. The van der Waals surface area contributed by atoms with E-state index in [1.807, 2.05) is 12.1 Å². The molecule has 2 aromatic heterocycles. The van der Waals surface area contributed by atoms with Gasteiger partial charge in [0.15, 0.2) is 0 Å². The third-order valence-corrected chi connectivity index (χ3v) is 7.09. The molecule has 0 aliphatic rings. The summed E-state index contributed by atoms with van der Waals surface area (Å²) in [6, 6.07) is 3.06. The lowest BCUT2D eigenvalue weighted by atomic mass is 10.1. The van der Waals surface area contributed by atoms with Crippen molar-refractivity contribution in [2.24, 2.45) is 0 Å². The standard InChI is InChI=1S/C32H48N6O4/c1-3-5-7-9-11-13-19-41-23-27-21-30(36-32(40)38-18-16-34-26-38)28(24-42-20-14-12-10-8-6-4-2)22-29(27)35-31(39)37-17-15-33-25-37/h15-18,21-22,25-26H,3-14,19-20,23-24H2,1-2H3,(H,35,39)(H,36,40). The summed E-state index contributed by atoms with van der Waals surface area (Å²) in [5.41, 5.74) is 2.73. The zero-order valence-corrected chi connectivity index (χ0v) is 25.4. The van der Waals surface area contributed by atoms with Crippen LogP contribution in [0.25, 0.3) is 0 Å². The first-order chi connectivity index (χ1) is 20.6. The molecule has 0 aliphatic carbocycles. The van der Waals surface area contributed by atoms with Gasteiger partial charge < -0.3 is 20.1 Å². The fourth-order valence-electron chi connectivity index (χ4n) is 4.61. The minimum Gasteiger partial charge on any atom is -0.377 e. The van der Waals surface area contributed by atoms with E-state index in [0.29, 0.717) is 37.8 Å². The van der Waals surface area contributed by atoms with E-state index < -0.39 is 0 Å². The Morgan fingerprint density at radius 3 is 1.43 bits per heavy atom. The van der Waals surface area contributed by atoms with E-state index in [9.17, 15) is 9.59 Å². The van der Waals surface area contributed by atoms with Crippen molar-refractivity contribution >= 4 is 23.4 Å². The third kappa shape index (κ3) is 11.8. The SMILES string of the molecule is CCCCCCCCOCc1cc(NC(=O)n2ccnc2)c(COCCCCCCCC)cc1NC(=O)n1ccnc1. The second kappa shape index (κ2) is 19.6. The Morgan fingerprint density at radius 2 is 1.05 bits per heavy atom. The zero-order valence-electron chi connectivity index (χ0n) is 25.4. The first-order valence-corrected chi connectivity index (χ1v) is 15.5. The van der Waals surface area contributed by atoms with E-state index >= 15 is 0 Å². The van der Waals surface area contributed by atoms with Crippen LogP contribution in [0.3, 0.4) is 0 Å². The summed E-state index contributed by atoms with van der Waals surface area (Å²) >= 11 is 0.